The van der Waals surface area contributed by atoms with Crippen LogP contribution in [0.3, 0.4) is 0 Å². The van der Waals surface area contributed by atoms with Crippen LogP contribution >= 0.6 is 11.6 Å². The minimum Gasteiger partial charge on any atom is -0.357 e. The maximum atomic E-state index is 12.2. The molecule has 27 heavy (non-hydrogen) atoms. The second kappa shape index (κ2) is 10.9. The Labute approximate surface area is 166 Å². The summed E-state index contributed by atoms with van der Waals surface area (Å²) in [6.45, 7) is 3.79. The number of hydrogen-bond acceptors (Lipinski definition) is 3. The van der Waals surface area contributed by atoms with Crippen molar-refractivity contribution in [2.75, 3.05) is 18.8 Å². The van der Waals surface area contributed by atoms with Crippen LogP contribution in [0.4, 0.5) is 0 Å². The second-order valence-electron chi connectivity index (χ2n) is 6.18. The van der Waals surface area contributed by atoms with Gasteiger partial charge in [-0.1, -0.05) is 54.1 Å². The molecule has 0 amide bonds. The van der Waals surface area contributed by atoms with Crippen molar-refractivity contribution >= 4 is 27.4 Å². The smallest absolute Gasteiger partial charge is 0.191 e. The molecule has 0 aliphatic carbocycles. The fraction of sp³-hybridized carbons (Fsp3) is 0.350. The molecule has 5 nitrogen and oxygen atoms in total. The highest BCUT2D eigenvalue weighted by molar-refractivity contribution is 7.90. The van der Waals surface area contributed by atoms with Gasteiger partial charge in [-0.15, -0.1) is 0 Å². The van der Waals surface area contributed by atoms with E-state index in [0.717, 1.165) is 17.7 Å². The van der Waals surface area contributed by atoms with Crippen LogP contribution in [-0.2, 0) is 22.1 Å². The quantitative estimate of drug-likeness (QED) is 0.379. The Morgan fingerprint density at radius 1 is 1.00 bits per heavy atom. The minimum absolute atomic E-state index is 0.0819. The molecule has 146 valence electrons. The van der Waals surface area contributed by atoms with Gasteiger partial charge in [-0.2, -0.15) is 0 Å². The highest BCUT2D eigenvalue weighted by Gasteiger charge is 2.11. The van der Waals surface area contributed by atoms with Crippen molar-refractivity contribution in [3.8, 4) is 0 Å². The molecule has 2 aromatic rings. The van der Waals surface area contributed by atoms with E-state index in [0.29, 0.717) is 30.5 Å². The number of aliphatic imine (C=N–C) groups is 1. The van der Waals surface area contributed by atoms with Crippen LogP contribution in [0.5, 0.6) is 0 Å². The molecule has 7 heteroatoms. The lowest BCUT2D eigenvalue weighted by molar-refractivity contribution is 0.591. The van der Waals surface area contributed by atoms with Crippen molar-refractivity contribution in [2.45, 2.75) is 25.6 Å². The Bertz CT molecular complexity index is 822. The Morgan fingerprint density at radius 3 is 2.37 bits per heavy atom. The number of nitrogens with one attached hydrogen (secondary N) is 2. The summed E-state index contributed by atoms with van der Waals surface area (Å²) in [6.07, 6.45) is 0.528. The van der Waals surface area contributed by atoms with Crippen molar-refractivity contribution < 1.29 is 8.42 Å². The standard InChI is InChI=1S/C20H26ClN3O2S/c1-2-22-20(24-15-17-9-11-19(21)12-10-17)23-13-6-14-27(25,26)16-18-7-4-3-5-8-18/h3-5,7-12H,2,6,13-16H2,1H3,(H2,22,23,24). The molecule has 0 saturated carbocycles. The Balaban J connectivity index is 1.79. The first-order valence-corrected chi connectivity index (χ1v) is 11.2. The highest BCUT2D eigenvalue weighted by Crippen LogP contribution is 2.10. The van der Waals surface area contributed by atoms with Gasteiger partial charge in [0.15, 0.2) is 15.8 Å². The van der Waals surface area contributed by atoms with E-state index in [1.807, 2.05) is 61.5 Å². The third kappa shape index (κ3) is 8.45. The number of rotatable bonds is 9. The summed E-state index contributed by atoms with van der Waals surface area (Å²) in [6, 6.07) is 16.8. The molecule has 0 bridgehead atoms. The molecular formula is C20H26ClN3O2S. The van der Waals surface area contributed by atoms with Gasteiger partial charge in [0.2, 0.25) is 0 Å². The molecule has 0 aliphatic rings. The summed E-state index contributed by atoms with van der Waals surface area (Å²) in [5.41, 5.74) is 1.88. The zero-order chi connectivity index (χ0) is 19.5. The molecule has 2 N–H and O–H groups in total. The van der Waals surface area contributed by atoms with Crippen LogP contribution in [0.2, 0.25) is 5.02 Å². The highest BCUT2D eigenvalue weighted by atomic mass is 35.5. The van der Waals surface area contributed by atoms with Gasteiger partial charge in [0.25, 0.3) is 0 Å². The summed E-state index contributed by atoms with van der Waals surface area (Å²) >= 11 is 5.89. The number of benzene rings is 2. The molecule has 0 aromatic heterocycles. The number of nitrogens with zero attached hydrogens (tertiary/aromatic N) is 1. The predicted molar refractivity (Wildman–Crippen MR) is 113 cm³/mol. The summed E-state index contributed by atoms with van der Waals surface area (Å²) in [5, 5.41) is 7.05. The topological polar surface area (TPSA) is 70.6 Å². The molecule has 0 atom stereocenters. The van der Waals surface area contributed by atoms with Crippen LogP contribution in [0.25, 0.3) is 0 Å². The summed E-state index contributed by atoms with van der Waals surface area (Å²) in [7, 11) is -3.12. The van der Waals surface area contributed by atoms with Crippen molar-refractivity contribution in [3.05, 3.63) is 70.7 Å². The van der Waals surface area contributed by atoms with Crippen LogP contribution < -0.4 is 10.6 Å². The molecule has 2 rings (SSSR count). The summed E-state index contributed by atoms with van der Waals surface area (Å²) in [4.78, 5) is 4.52. The normalized spacial score (nSPS) is 12.0. The maximum absolute atomic E-state index is 12.2. The molecule has 0 saturated heterocycles. The SMILES string of the molecule is CCNC(=NCc1ccc(Cl)cc1)NCCCS(=O)(=O)Cc1ccccc1. The largest absolute Gasteiger partial charge is 0.357 e. The fourth-order valence-electron chi connectivity index (χ4n) is 2.50. The van der Waals surface area contributed by atoms with E-state index < -0.39 is 9.84 Å². The van der Waals surface area contributed by atoms with Crippen LogP contribution in [-0.4, -0.2) is 33.2 Å². The third-order valence-electron chi connectivity index (χ3n) is 3.83. The molecular weight excluding hydrogens is 382 g/mol. The minimum atomic E-state index is -3.12. The molecule has 0 heterocycles. The predicted octanol–water partition coefficient (Wildman–Crippen LogP) is 3.40. The zero-order valence-electron chi connectivity index (χ0n) is 15.5. The van der Waals surface area contributed by atoms with Crippen LogP contribution in [0, 0.1) is 0 Å². The Kier molecular flexibility index (Phi) is 8.61. The van der Waals surface area contributed by atoms with Crippen LogP contribution in [0.15, 0.2) is 59.6 Å². The van der Waals surface area contributed by atoms with E-state index in [9.17, 15) is 8.42 Å². The lowest BCUT2D eigenvalue weighted by Crippen LogP contribution is -2.38. The van der Waals surface area contributed by atoms with E-state index in [1.165, 1.54) is 0 Å². The number of sulfone groups is 1. The molecule has 0 radical (unpaired) electrons. The van der Waals surface area contributed by atoms with Crippen molar-refractivity contribution in [1.29, 1.82) is 0 Å². The average Bonchev–Trinajstić information content (AvgIpc) is 2.65. The van der Waals surface area contributed by atoms with Gasteiger partial charge < -0.3 is 10.6 Å². The van der Waals surface area contributed by atoms with Gasteiger partial charge in [-0.05, 0) is 36.6 Å². The van der Waals surface area contributed by atoms with E-state index in [2.05, 4.69) is 15.6 Å². The monoisotopic (exact) mass is 407 g/mol. The van der Waals surface area contributed by atoms with E-state index >= 15 is 0 Å². The number of halogens is 1. The first-order chi connectivity index (χ1) is 13.0. The van der Waals surface area contributed by atoms with Crippen molar-refractivity contribution in [2.24, 2.45) is 4.99 Å². The molecule has 0 fully saturated rings. The first kappa shape index (κ1) is 21.3. The van der Waals surface area contributed by atoms with Gasteiger partial charge in [0, 0.05) is 18.1 Å². The third-order valence-corrected chi connectivity index (χ3v) is 5.77. The fourth-order valence-corrected chi connectivity index (χ4v) is 4.06. The zero-order valence-corrected chi connectivity index (χ0v) is 17.1. The van der Waals surface area contributed by atoms with Gasteiger partial charge >= 0.3 is 0 Å². The summed E-state index contributed by atoms with van der Waals surface area (Å²) < 4.78 is 24.4. The van der Waals surface area contributed by atoms with E-state index in [-0.39, 0.29) is 11.5 Å². The molecule has 2 aromatic carbocycles. The van der Waals surface area contributed by atoms with Crippen molar-refractivity contribution in [3.63, 3.8) is 0 Å². The average molecular weight is 408 g/mol. The number of hydrogen-bond donors (Lipinski definition) is 2. The Hall–Kier alpha value is -2.05. The first-order valence-electron chi connectivity index (χ1n) is 8.99. The maximum Gasteiger partial charge on any atom is 0.191 e. The lowest BCUT2D eigenvalue weighted by Gasteiger charge is -2.11. The molecule has 0 spiro atoms. The molecule has 0 unspecified atom stereocenters. The van der Waals surface area contributed by atoms with Crippen molar-refractivity contribution in [1.82, 2.24) is 10.6 Å². The number of guanidine groups is 1. The van der Waals surface area contributed by atoms with Gasteiger partial charge in [-0.25, -0.2) is 13.4 Å². The lowest BCUT2D eigenvalue weighted by atomic mass is 10.2. The van der Waals surface area contributed by atoms with Gasteiger partial charge in [0.1, 0.15) is 0 Å². The van der Waals surface area contributed by atoms with Crippen LogP contribution in [0.1, 0.15) is 24.5 Å². The van der Waals surface area contributed by atoms with Gasteiger partial charge in [0.05, 0.1) is 18.1 Å². The second-order valence-corrected chi connectivity index (χ2v) is 8.80. The Morgan fingerprint density at radius 2 is 1.70 bits per heavy atom. The van der Waals surface area contributed by atoms with E-state index in [1.54, 1.807) is 0 Å². The molecule has 0 aliphatic heterocycles. The summed E-state index contributed by atoms with van der Waals surface area (Å²) in [5.74, 6) is 0.900. The van der Waals surface area contributed by atoms with Gasteiger partial charge in [-0.3, -0.25) is 0 Å². The van der Waals surface area contributed by atoms with E-state index in [4.69, 9.17) is 11.6 Å².